The van der Waals surface area contributed by atoms with Gasteiger partial charge >= 0.3 is 6.18 Å². The van der Waals surface area contributed by atoms with Gasteiger partial charge < -0.3 is 14.3 Å². The van der Waals surface area contributed by atoms with E-state index >= 15 is 0 Å². The number of ether oxygens (including phenoxy) is 1. The molecule has 21 heavy (non-hydrogen) atoms. The molecule has 0 spiro atoms. The van der Waals surface area contributed by atoms with Crippen molar-refractivity contribution in [3.63, 3.8) is 0 Å². The van der Waals surface area contributed by atoms with Gasteiger partial charge in [-0.05, 0) is 12.5 Å². The van der Waals surface area contributed by atoms with Crippen LogP contribution in [0, 0.1) is 0 Å². The van der Waals surface area contributed by atoms with E-state index in [1.165, 1.54) is 11.6 Å². The molecule has 2 rings (SSSR count). The lowest BCUT2D eigenvalue weighted by atomic mass is 10.2. The van der Waals surface area contributed by atoms with Crippen molar-refractivity contribution in [3.05, 3.63) is 27.8 Å². The van der Waals surface area contributed by atoms with Gasteiger partial charge in [-0.2, -0.15) is 13.2 Å². The average molecular weight is 302 g/mol. The van der Waals surface area contributed by atoms with Gasteiger partial charge in [-0.15, -0.1) is 0 Å². The Balaban J connectivity index is 2.68. The van der Waals surface area contributed by atoms with Crippen molar-refractivity contribution in [2.45, 2.75) is 19.5 Å². The van der Waals surface area contributed by atoms with Crippen molar-refractivity contribution in [2.24, 2.45) is 7.05 Å². The maximum atomic E-state index is 12.3. The van der Waals surface area contributed by atoms with Crippen molar-refractivity contribution in [3.8, 4) is 5.75 Å². The van der Waals surface area contributed by atoms with Crippen molar-refractivity contribution in [2.75, 3.05) is 6.61 Å². The molecule has 2 heterocycles. The van der Waals surface area contributed by atoms with E-state index in [4.69, 9.17) is 0 Å². The first-order valence-corrected chi connectivity index (χ1v) is 6.17. The predicted molar refractivity (Wildman–Crippen MR) is 69.9 cm³/mol. The Bertz CT molecular complexity index is 744. The van der Waals surface area contributed by atoms with Crippen LogP contribution in [0.1, 0.15) is 23.1 Å². The molecule has 2 aromatic heterocycles. The van der Waals surface area contributed by atoms with Crippen molar-refractivity contribution in [1.29, 1.82) is 0 Å². The van der Waals surface area contributed by atoms with Crippen molar-refractivity contribution >= 4 is 17.2 Å². The number of carbonyl (C=O) groups is 1. The summed E-state index contributed by atoms with van der Waals surface area (Å²) in [6, 6.07) is 1.62. The molecule has 0 atom stereocenters. The number of rotatable bonds is 4. The summed E-state index contributed by atoms with van der Waals surface area (Å²) in [6.07, 6.45) is -3.64. The number of aromatic nitrogens is 2. The van der Waals surface area contributed by atoms with Crippen LogP contribution >= 0.6 is 0 Å². The molecule has 0 aliphatic heterocycles. The minimum atomic E-state index is -4.56. The minimum absolute atomic E-state index is 0.0546. The molecule has 5 nitrogen and oxygen atoms in total. The SMILES string of the molecule is CCc1cc2c(c(OCC(F)(F)F)c(C=O)n2C)c(=O)[nH]1. The zero-order valence-electron chi connectivity index (χ0n) is 11.4. The summed E-state index contributed by atoms with van der Waals surface area (Å²) in [5.41, 5.74) is 0.293. The lowest BCUT2D eigenvalue weighted by Gasteiger charge is -2.08. The summed E-state index contributed by atoms with van der Waals surface area (Å²) < 4.78 is 42.9. The second-order valence-corrected chi connectivity index (χ2v) is 4.53. The number of carbonyl (C=O) groups excluding carboxylic acids is 1. The molecule has 0 unspecified atom stereocenters. The molecule has 0 fully saturated rings. The Hall–Kier alpha value is -2.25. The number of nitrogens with one attached hydrogen (secondary N) is 1. The van der Waals surface area contributed by atoms with Crippen molar-refractivity contribution in [1.82, 2.24) is 9.55 Å². The summed E-state index contributed by atoms with van der Waals surface area (Å²) >= 11 is 0. The van der Waals surface area contributed by atoms with Gasteiger partial charge in [-0.1, -0.05) is 6.92 Å². The molecule has 0 saturated heterocycles. The Labute approximate surface area is 117 Å². The van der Waals surface area contributed by atoms with Crippen LogP contribution in [0.25, 0.3) is 10.9 Å². The first kappa shape index (κ1) is 15.1. The lowest BCUT2D eigenvalue weighted by molar-refractivity contribution is -0.153. The number of fused-ring (bicyclic) bond motifs is 1. The standard InChI is InChI=1S/C13H13F3N2O3/c1-3-7-4-8-10(12(20)17-7)11(9(5-19)18(8)2)21-6-13(14,15)16/h4-5H,3,6H2,1-2H3,(H,17,20). The normalized spacial score (nSPS) is 11.9. The molecular formula is C13H13F3N2O3. The summed E-state index contributed by atoms with van der Waals surface area (Å²) in [5, 5.41) is -0.0546. The maximum Gasteiger partial charge on any atom is 0.422 e. The number of alkyl halides is 3. The molecule has 0 aromatic carbocycles. The van der Waals surface area contributed by atoms with Gasteiger partial charge in [0.15, 0.2) is 18.6 Å². The summed E-state index contributed by atoms with van der Waals surface area (Å²) in [4.78, 5) is 25.7. The van der Waals surface area contributed by atoms with Crippen LogP contribution in [0.5, 0.6) is 5.75 Å². The highest BCUT2D eigenvalue weighted by atomic mass is 19.4. The number of aromatic amines is 1. The van der Waals surface area contributed by atoms with E-state index in [2.05, 4.69) is 9.72 Å². The first-order valence-electron chi connectivity index (χ1n) is 6.17. The van der Waals surface area contributed by atoms with Gasteiger partial charge in [0.1, 0.15) is 11.1 Å². The molecule has 0 saturated carbocycles. The van der Waals surface area contributed by atoms with Crippen LogP contribution in [0.3, 0.4) is 0 Å². The third kappa shape index (κ3) is 2.79. The average Bonchev–Trinajstić information content (AvgIpc) is 2.68. The Morgan fingerprint density at radius 2 is 2.10 bits per heavy atom. The van der Waals surface area contributed by atoms with Crippen LogP contribution in [0.2, 0.25) is 0 Å². The van der Waals surface area contributed by atoms with Gasteiger partial charge in [0.2, 0.25) is 0 Å². The van der Waals surface area contributed by atoms with E-state index in [1.54, 1.807) is 6.07 Å². The highest BCUT2D eigenvalue weighted by molar-refractivity contribution is 5.96. The fourth-order valence-electron chi connectivity index (χ4n) is 2.12. The third-order valence-corrected chi connectivity index (χ3v) is 3.12. The van der Waals surface area contributed by atoms with E-state index in [0.717, 1.165) is 0 Å². The summed E-state index contributed by atoms with van der Waals surface area (Å²) in [5.74, 6) is -0.344. The van der Waals surface area contributed by atoms with Crippen LogP contribution in [0.15, 0.2) is 10.9 Å². The van der Waals surface area contributed by atoms with E-state index < -0.39 is 18.3 Å². The Morgan fingerprint density at radius 1 is 1.43 bits per heavy atom. The molecular weight excluding hydrogens is 289 g/mol. The second-order valence-electron chi connectivity index (χ2n) is 4.53. The highest BCUT2D eigenvalue weighted by Crippen LogP contribution is 2.30. The van der Waals surface area contributed by atoms with E-state index in [-0.39, 0.29) is 16.8 Å². The topological polar surface area (TPSA) is 64.1 Å². The van der Waals surface area contributed by atoms with E-state index in [0.29, 0.717) is 23.9 Å². The number of H-pyrrole nitrogens is 1. The van der Waals surface area contributed by atoms with Gasteiger partial charge in [0.25, 0.3) is 5.56 Å². The molecule has 0 aliphatic carbocycles. The quantitative estimate of drug-likeness (QED) is 0.880. The predicted octanol–water partition coefficient (Wildman–Crippen LogP) is 2.18. The van der Waals surface area contributed by atoms with Crippen molar-refractivity contribution < 1.29 is 22.7 Å². The number of aryl methyl sites for hydroxylation is 2. The Morgan fingerprint density at radius 3 is 2.62 bits per heavy atom. The smallest absolute Gasteiger partial charge is 0.422 e. The van der Waals surface area contributed by atoms with Gasteiger partial charge in [-0.25, -0.2) is 0 Å². The first-order chi connectivity index (χ1) is 9.78. The molecule has 1 N–H and O–H groups in total. The monoisotopic (exact) mass is 302 g/mol. The maximum absolute atomic E-state index is 12.3. The van der Waals surface area contributed by atoms with Crippen LogP contribution in [-0.2, 0) is 13.5 Å². The Kier molecular flexibility index (Phi) is 3.80. The number of aldehydes is 1. The highest BCUT2D eigenvalue weighted by Gasteiger charge is 2.30. The second kappa shape index (κ2) is 5.27. The molecule has 8 heteroatoms. The van der Waals surface area contributed by atoms with Gasteiger partial charge in [-0.3, -0.25) is 9.59 Å². The minimum Gasteiger partial charge on any atom is -0.481 e. The molecule has 0 aliphatic rings. The molecule has 114 valence electrons. The van der Waals surface area contributed by atoms with Crippen LogP contribution in [0.4, 0.5) is 13.2 Å². The van der Waals surface area contributed by atoms with E-state index in [1.807, 2.05) is 6.92 Å². The van der Waals surface area contributed by atoms with Gasteiger partial charge in [0.05, 0.1) is 5.52 Å². The van der Waals surface area contributed by atoms with Crippen LogP contribution < -0.4 is 10.3 Å². The number of halogens is 3. The molecule has 0 amide bonds. The van der Waals surface area contributed by atoms with E-state index in [9.17, 15) is 22.8 Å². The number of nitrogens with zero attached hydrogens (tertiary/aromatic N) is 1. The number of pyridine rings is 1. The number of hydrogen-bond donors (Lipinski definition) is 1. The fraction of sp³-hybridized carbons (Fsp3) is 0.385. The zero-order valence-corrected chi connectivity index (χ0v) is 11.4. The number of hydrogen-bond acceptors (Lipinski definition) is 3. The summed E-state index contributed by atoms with van der Waals surface area (Å²) in [6.45, 7) is 0.254. The molecule has 0 bridgehead atoms. The lowest BCUT2D eigenvalue weighted by Crippen LogP contribution is -2.20. The molecule has 2 aromatic rings. The summed E-state index contributed by atoms with van der Waals surface area (Å²) in [7, 11) is 1.49. The van der Waals surface area contributed by atoms with Gasteiger partial charge in [0, 0.05) is 12.7 Å². The zero-order chi connectivity index (χ0) is 15.8. The molecule has 0 radical (unpaired) electrons. The van der Waals surface area contributed by atoms with Crippen LogP contribution in [-0.4, -0.2) is 28.6 Å². The largest absolute Gasteiger partial charge is 0.481 e. The third-order valence-electron chi connectivity index (χ3n) is 3.12. The fourth-order valence-corrected chi connectivity index (χ4v) is 2.12.